The zero-order valence-corrected chi connectivity index (χ0v) is 15.7. The topological polar surface area (TPSA) is 91.8 Å². The van der Waals surface area contributed by atoms with Gasteiger partial charge in [0, 0.05) is 40.9 Å². The summed E-state index contributed by atoms with van der Waals surface area (Å²) in [6.07, 6.45) is 0. The van der Waals surface area contributed by atoms with E-state index >= 15 is 0 Å². The average molecular weight is 437 g/mol. The van der Waals surface area contributed by atoms with E-state index in [-0.39, 0.29) is 12.3 Å². The molecular weight excluding hydrogens is 428 g/mol. The average Bonchev–Trinajstić information content (AvgIpc) is 2.70. The van der Waals surface area contributed by atoms with Crippen molar-refractivity contribution in [3.05, 3.63) is 79.6 Å². The molecule has 136 valence electrons. The third-order valence-electron chi connectivity index (χ3n) is 2.93. The molecule has 3 rings (SSSR count). The molecule has 1 aromatic carbocycles. The Morgan fingerprint density at radius 3 is 1.62 bits per heavy atom. The summed E-state index contributed by atoms with van der Waals surface area (Å²) in [5.41, 5.74) is -0.743. The van der Waals surface area contributed by atoms with Gasteiger partial charge in [-0.1, -0.05) is 30.3 Å². The Kier molecular flexibility index (Phi) is 6.98. The molecule has 0 amide bonds. The molecule has 0 aliphatic heterocycles. The normalized spacial score (nSPS) is 10.2. The zero-order valence-electron chi connectivity index (χ0n) is 12.7. The third kappa shape index (κ3) is 4.53. The lowest BCUT2D eigenvalue weighted by atomic mass is 10.1. The first-order chi connectivity index (χ1) is 12.4. The van der Waals surface area contributed by atoms with Crippen LogP contribution in [0.5, 0.6) is 0 Å². The van der Waals surface area contributed by atoms with Crippen molar-refractivity contribution in [2.75, 3.05) is 0 Å². The lowest BCUT2D eigenvalue weighted by molar-refractivity contribution is 0.770. The molecule has 2 aromatic heterocycles. The number of nitrogens with zero attached hydrogens (tertiary/aromatic N) is 5. The fourth-order valence-electron chi connectivity index (χ4n) is 1.67. The van der Waals surface area contributed by atoms with Gasteiger partial charge in [-0.05, 0) is 12.1 Å². The number of benzene rings is 1. The maximum Gasteiger partial charge on any atom is 0.366 e. The van der Waals surface area contributed by atoms with Crippen LogP contribution >= 0.6 is 46.9 Å². The molecule has 0 aliphatic carbocycles. The molecule has 26 heavy (non-hydrogen) atoms. The second kappa shape index (κ2) is 9.00. The molecule has 0 atom stereocenters. The molecule has 0 saturated heterocycles. The highest BCUT2D eigenvalue weighted by Gasteiger charge is 2.10. The van der Waals surface area contributed by atoms with Gasteiger partial charge in [-0.2, -0.15) is 10.2 Å². The van der Waals surface area contributed by atoms with E-state index < -0.39 is 17.1 Å². The van der Waals surface area contributed by atoms with Gasteiger partial charge in [-0.15, -0.1) is 23.9 Å². The Bertz CT molecular complexity index is 959. The molecule has 0 spiro atoms. The maximum absolute atomic E-state index is 10.8. The van der Waals surface area contributed by atoms with Crippen molar-refractivity contribution < 1.29 is 0 Å². The number of halogens is 4. The predicted molar refractivity (Wildman–Crippen MR) is 100 cm³/mol. The number of alkyl halides is 1. The SMILES string of the molecule is ClCc1ccc(-c2ccccc2)nn1.O=c1n(Cl)c(=O)n(Cl)c(=O)n1Cl. The summed E-state index contributed by atoms with van der Waals surface area (Å²) in [6.45, 7) is 0. The highest BCUT2D eigenvalue weighted by Crippen LogP contribution is 2.15. The van der Waals surface area contributed by atoms with Crippen LogP contribution in [0.15, 0.2) is 56.8 Å². The summed E-state index contributed by atoms with van der Waals surface area (Å²) in [5, 5.41) is 8.08. The lowest BCUT2D eigenvalue weighted by Crippen LogP contribution is -2.47. The van der Waals surface area contributed by atoms with E-state index in [0.29, 0.717) is 5.88 Å². The first kappa shape index (κ1) is 20.2. The van der Waals surface area contributed by atoms with E-state index in [4.69, 9.17) is 46.9 Å². The van der Waals surface area contributed by atoms with Gasteiger partial charge >= 0.3 is 17.1 Å². The summed E-state index contributed by atoms with van der Waals surface area (Å²) in [6, 6.07) is 13.8. The van der Waals surface area contributed by atoms with E-state index in [9.17, 15) is 14.4 Å². The van der Waals surface area contributed by atoms with Gasteiger partial charge in [0.15, 0.2) is 0 Å². The van der Waals surface area contributed by atoms with Crippen molar-refractivity contribution in [3.8, 4) is 11.3 Å². The third-order valence-corrected chi connectivity index (χ3v) is 4.08. The van der Waals surface area contributed by atoms with Crippen LogP contribution in [0.25, 0.3) is 11.3 Å². The molecule has 12 heteroatoms. The highest BCUT2D eigenvalue weighted by atomic mass is 35.5. The number of hydrogen-bond acceptors (Lipinski definition) is 5. The molecule has 0 radical (unpaired) electrons. The van der Waals surface area contributed by atoms with E-state index in [1.54, 1.807) is 0 Å². The van der Waals surface area contributed by atoms with Crippen LogP contribution in [0.3, 0.4) is 0 Å². The highest BCUT2D eigenvalue weighted by molar-refractivity contribution is 6.19. The number of hydrogen-bond donors (Lipinski definition) is 0. The molecule has 0 bridgehead atoms. The Morgan fingerprint density at radius 2 is 1.23 bits per heavy atom. The molecule has 0 aliphatic rings. The fraction of sp³-hybridized carbons (Fsp3) is 0.0714. The van der Waals surface area contributed by atoms with Crippen LogP contribution in [-0.2, 0) is 5.88 Å². The van der Waals surface area contributed by atoms with Crippen molar-refractivity contribution in [3.63, 3.8) is 0 Å². The molecule has 2 heterocycles. The second-order valence-electron chi connectivity index (χ2n) is 4.60. The molecule has 8 nitrogen and oxygen atoms in total. The Balaban J connectivity index is 0.000000190. The standard InChI is InChI=1S/C11H9ClN2.C3Cl3N3O3/c12-8-10-6-7-11(14-13-10)9-4-2-1-3-5-9;4-7-1(10)8(5)3(12)9(6)2(7)11/h1-7H,8H2;. The fourth-order valence-corrected chi connectivity index (χ4v) is 2.38. The van der Waals surface area contributed by atoms with E-state index in [1.165, 1.54) is 0 Å². The van der Waals surface area contributed by atoms with E-state index in [1.807, 2.05) is 42.5 Å². The summed E-state index contributed by atoms with van der Waals surface area (Å²) < 4.78 is 0.254. The molecule has 0 N–H and O–H groups in total. The monoisotopic (exact) mass is 435 g/mol. The van der Waals surface area contributed by atoms with Crippen molar-refractivity contribution in [2.24, 2.45) is 0 Å². The largest absolute Gasteiger partial charge is 0.366 e. The Hall–Kier alpha value is -2.13. The van der Waals surface area contributed by atoms with Gasteiger partial charge in [-0.25, -0.2) is 14.4 Å². The lowest BCUT2D eigenvalue weighted by Gasteiger charge is -1.99. The summed E-state index contributed by atoms with van der Waals surface area (Å²) in [4.78, 5) is 32.3. The molecule has 0 fully saturated rings. The first-order valence-electron chi connectivity index (χ1n) is 6.80. The van der Waals surface area contributed by atoms with Crippen molar-refractivity contribution >= 4 is 46.9 Å². The molecule has 0 unspecified atom stereocenters. The molecule has 3 aromatic rings. The summed E-state index contributed by atoms with van der Waals surface area (Å²) >= 11 is 20.9. The Labute approximate surface area is 166 Å². The molecule has 0 saturated carbocycles. The summed E-state index contributed by atoms with van der Waals surface area (Å²) in [7, 11) is 0. The van der Waals surface area contributed by atoms with Crippen LogP contribution in [0, 0.1) is 0 Å². The van der Waals surface area contributed by atoms with Crippen molar-refractivity contribution in [1.29, 1.82) is 0 Å². The summed E-state index contributed by atoms with van der Waals surface area (Å²) in [5.74, 6) is 0.405. The predicted octanol–water partition coefficient (Wildman–Crippen LogP) is 2.06. The quantitative estimate of drug-likeness (QED) is 0.573. The van der Waals surface area contributed by atoms with Gasteiger partial charge in [0.05, 0.1) is 17.3 Å². The van der Waals surface area contributed by atoms with Gasteiger partial charge in [0.2, 0.25) is 0 Å². The second-order valence-corrected chi connectivity index (χ2v) is 5.88. The smallest absolute Gasteiger partial charge is 0.244 e. The van der Waals surface area contributed by atoms with Crippen LogP contribution in [-0.4, -0.2) is 22.5 Å². The molecular formula is C14H9Cl4N5O3. The number of aromatic nitrogens is 5. The number of rotatable bonds is 2. The minimum Gasteiger partial charge on any atom is -0.244 e. The zero-order chi connectivity index (χ0) is 19.3. The minimum absolute atomic E-state index is 0.0847. The van der Waals surface area contributed by atoms with Gasteiger partial charge < -0.3 is 0 Å². The minimum atomic E-state index is -1.16. The van der Waals surface area contributed by atoms with Crippen LogP contribution in [0.1, 0.15) is 5.69 Å². The van der Waals surface area contributed by atoms with E-state index in [2.05, 4.69) is 10.2 Å². The maximum atomic E-state index is 10.8. The van der Waals surface area contributed by atoms with Gasteiger partial charge in [0.1, 0.15) is 0 Å². The van der Waals surface area contributed by atoms with Crippen molar-refractivity contribution in [1.82, 2.24) is 22.5 Å². The van der Waals surface area contributed by atoms with Crippen molar-refractivity contribution in [2.45, 2.75) is 5.88 Å². The van der Waals surface area contributed by atoms with Crippen LogP contribution < -0.4 is 17.1 Å². The van der Waals surface area contributed by atoms with Crippen LogP contribution in [0.2, 0.25) is 0 Å². The van der Waals surface area contributed by atoms with Gasteiger partial charge in [0.25, 0.3) is 0 Å². The Morgan fingerprint density at radius 1 is 0.731 bits per heavy atom. The van der Waals surface area contributed by atoms with Gasteiger partial charge in [-0.3, -0.25) is 0 Å². The first-order valence-corrected chi connectivity index (χ1v) is 8.35. The van der Waals surface area contributed by atoms with E-state index in [0.717, 1.165) is 17.0 Å². The van der Waals surface area contributed by atoms with Crippen LogP contribution in [0.4, 0.5) is 0 Å².